The van der Waals surface area contributed by atoms with Crippen LogP contribution >= 0.6 is 24.0 Å². The predicted molar refractivity (Wildman–Crippen MR) is 140 cm³/mol. The van der Waals surface area contributed by atoms with Gasteiger partial charge in [-0.15, -0.1) is 24.0 Å². The number of para-hydroxylation sites is 1. The van der Waals surface area contributed by atoms with Gasteiger partial charge in [0, 0.05) is 31.7 Å². The van der Waals surface area contributed by atoms with Gasteiger partial charge in [-0.25, -0.2) is 4.99 Å². The third-order valence-corrected chi connectivity index (χ3v) is 6.12. The molecule has 0 atom stereocenters. The van der Waals surface area contributed by atoms with Gasteiger partial charge in [0.1, 0.15) is 0 Å². The van der Waals surface area contributed by atoms with E-state index in [0.717, 1.165) is 87.8 Å². The quantitative estimate of drug-likeness (QED) is 0.176. The average Bonchev–Trinajstić information content (AvgIpc) is 3.30. The summed E-state index contributed by atoms with van der Waals surface area (Å²) in [4.78, 5) is 7.23. The van der Waals surface area contributed by atoms with Crippen molar-refractivity contribution in [3.8, 4) is 11.5 Å². The number of aliphatic hydroxyl groups excluding tert-OH is 1. The number of ether oxygens (including phenoxy) is 2. The van der Waals surface area contributed by atoms with Gasteiger partial charge in [-0.3, -0.25) is 0 Å². The van der Waals surface area contributed by atoms with E-state index in [2.05, 4.69) is 28.5 Å². The molecule has 0 bridgehead atoms. The van der Waals surface area contributed by atoms with Gasteiger partial charge in [-0.05, 0) is 64.5 Å². The SMILES string of the molecule is CCNC(=NCc1cccc(OC)c1OC1CCCC1)NCCCN1CCC(O)CC1.I. The molecular weight excluding hydrogens is 519 g/mol. The summed E-state index contributed by atoms with van der Waals surface area (Å²) in [6.45, 7) is 7.35. The minimum atomic E-state index is -0.110. The van der Waals surface area contributed by atoms with Crippen LogP contribution in [-0.2, 0) is 6.54 Å². The number of piperidine rings is 1. The molecule has 1 aromatic carbocycles. The largest absolute Gasteiger partial charge is 0.493 e. The van der Waals surface area contributed by atoms with Crippen LogP contribution in [0.2, 0.25) is 0 Å². The van der Waals surface area contributed by atoms with E-state index in [1.807, 2.05) is 12.1 Å². The van der Waals surface area contributed by atoms with E-state index in [-0.39, 0.29) is 36.2 Å². The number of methoxy groups -OCH3 is 1. The molecule has 2 aliphatic rings. The van der Waals surface area contributed by atoms with Gasteiger partial charge >= 0.3 is 0 Å². The molecule has 7 nitrogen and oxygen atoms in total. The maximum Gasteiger partial charge on any atom is 0.191 e. The van der Waals surface area contributed by atoms with Crippen LogP contribution in [0.1, 0.15) is 57.4 Å². The van der Waals surface area contributed by atoms with E-state index in [1.54, 1.807) is 7.11 Å². The molecule has 1 aliphatic heterocycles. The van der Waals surface area contributed by atoms with Gasteiger partial charge in [-0.2, -0.15) is 0 Å². The average molecular weight is 561 g/mol. The first-order chi connectivity index (χ1) is 15.2. The van der Waals surface area contributed by atoms with Crippen molar-refractivity contribution in [1.82, 2.24) is 15.5 Å². The Kier molecular flexibility index (Phi) is 12.5. The lowest BCUT2D eigenvalue weighted by Gasteiger charge is -2.29. The number of aliphatic imine (C=N–C) groups is 1. The highest BCUT2D eigenvalue weighted by atomic mass is 127. The molecule has 3 N–H and O–H groups in total. The summed E-state index contributed by atoms with van der Waals surface area (Å²) in [5.41, 5.74) is 1.05. The Bertz CT molecular complexity index is 690. The molecule has 0 aromatic heterocycles. The molecule has 2 fully saturated rings. The Morgan fingerprint density at radius 1 is 1.16 bits per heavy atom. The molecule has 0 amide bonds. The fraction of sp³-hybridized carbons (Fsp3) is 0.708. The van der Waals surface area contributed by atoms with Gasteiger partial charge in [-0.1, -0.05) is 12.1 Å². The normalized spacial score (nSPS) is 18.3. The molecular formula is C24H41IN4O3. The number of nitrogens with zero attached hydrogens (tertiary/aromatic N) is 2. The van der Waals surface area contributed by atoms with Crippen molar-refractivity contribution in [1.29, 1.82) is 0 Å². The highest BCUT2D eigenvalue weighted by Gasteiger charge is 2.20. The van der Waals surface area contributed by atoms with E-state index in [9.17, 15) is 5.11 Å². The van der Waals surface area contributed by atoms with Crippen LogP contribution in [0.3, 0.4) is 0 Å². The minimum absolute atomic E-state index is 0. The second-order valence-electron chi connectivity index (χ2n) is 8.52. The number of hydrogen-bond acceptors (Lipinski definition) is 5. The zero-order valence-electron chi connectivity index (χ0n) is 19.6. The number of aliphatic hydroxyl groups is 1. The Balaban J connectivity index is 0.00000363. The molecule has 182 valence electrons. The van der Waals surface area contributed by atoms with Crippen LogP contribution in [-0.4, -0.2) is 68.0 Å². The third-order valence-electron chi connectivity index (χ3n) is 6.12. The molecule has 1 saturated heterocycles. The summed E-state index contributed by atoms with van der Waals surface area (Å²) in [6.07, 6.45) is 7.70. The third kappa shape index (κ3) is 8.59. The van der Waals surface area contributed by atoms with Gasteiger partial charge < -0.3 is 30.1 Å². The van der Waals surface area contributed by atoms with Crippen LogP contribution < -0.4 is 20.1 Å². The van der Waals surface area contributed by atoms with Crippen LogP contribution in [0.4, 0.5) is 0 Å². The molecule has 3 rings (SSSR count). The molecule has 1 aliphatic carbocycles. The fourth-order valence-electron chi connectivity index (χ4n) is 4.31. The van der Waals surface area contributed by atoms with Crippen molar-refractivity contribution < 1.29 is 14.6 Å². The van der Waals surface area contributed by atoms with Crippen LogP contribution in [0.15, 0.2) is 23.2 Å². The van der Waals surface area contributed by atoms with E-state index in [4.69, 9.17) is 14.5 Å². The topological polar surface area (TPSA) is 78.4 Å². The lowest BCUT2D eigenvalue weighted by molar-refractivity contribution is 0.0823. The van der Waals surface area contributed by atoms with Crippen molar-refractivity contribution in [2.75, 3.05) is 39.8 Å². The number of benzene rings is 1. The Hall–Kier alpha value is -1.26. The molecule has 0 unspecified atom stereocenters. The Labute approximate surface area is 210 Å². The lowest BCUT2D eigenvalue weighted by atomic mass is 10.1. The highest BCUT2D eigenvalue weighted by Crippen LogP contribution is 2.35. The Morgan fingerprint density at radius 2 is 1.91 bits per heavy atom. The standard InChI is InChI=1S/C24H40N4O3.HI/c1-3-25-24(26-14-7-15-28-16-12-20(29)13-17-28)27-18-19-8-6-11-22(30-2)23(19)31-21-9-4-5-10-21;/h6,8,11,20-21,29H,3-5,7,9-10,12-18H2,1-2H3,(H2,25,26,27);1H. The predicted octanol–water partition coefficient (Wildman–Crippen LogP) is 3.54. The number of likely N-dealkylation sites (tertiary alicyclic amines) is 1. The molecule has 0 spiro atoms. The summed E-state index contributed by atoms with van der Waals surface area (Å²) in [5, 5.41) is 16.4. The van der Waals surface area contributed by atoms with Crippen molar-refractivity contribution in [3.05, 3.63) is 23.8 Å². The molecule has 1 saturated carbocycles. The van der Waals surface area contributed by atoms with Gasteiger partial charge in [0.15, 0.2) is 17.5 Å². The van der Waals surface area contributed by atoms with Gasteiger partial charge in [0.2, 0.25) is 0 Å². The van der Waals surface area contributed by atoms with Crippen LogP contribution in [0.25, 0.3) is 0 Å². The summed E-state index contributed by atoms with van der Waals surface area (Å²) >= 11 is 0. The number of nitrogens with one attached hydrogen (secondary N) is 2. The number of hydrogen-bond donors (Lipinski definition) is 3. The second kappa shape index (κ2) is 14.8. The molecule has 1 aromatic rings. The van der Waals surface area contributed by atoms with E-state index in [1.165, 1.54) is 12.8 Å². The van der Waals surface area contributed by atoms with Gasteiger partial charge in [0.05, 0.1) is 25.9 Å². The van der Waals surface area contributed by atoms with E-state index >= 15 is 0 Å². The minimum Gasteiger partial charge on any atom is -0.493 e. The number of rotatable bonds is 10. The highest BCUT2D eigenvalue weighted by molar-refractivity contribution is 14.0. The second-order valence-corrected chi connectivity index (χ2v) is 8.52. The van der Waals surface area contributed by atoms with Crippen molar-refractivity contribution in [2.45, 2.75) is 70.6 Å². The first-order valence-electron chi connectivity index (χ1n) is 11.9. The zero-order valence-corrected chi connectivity index (χ0v) is 22.0. The molecule has 1 heterocycles. The van der Waals surface area contributed by atoms with Crippen molar-refractivity contribution >= 4 is 29.9 Å². The summed E-state index contributed by atoms with van der Waals surface area (Å²) in [6, 6.07) is 6.03. The fourth-order valence-corrected chi connectivity index (χ4v) is 4.31. The number of guanidine groups is 1. The summed E-state index contributed by atoms with van der Waals surface area (Å²) < 4.78 is 11.9. The number of halogens is 1. The van der Waals surface area contributed by atoms with Crippen LogP contribution in [0, 0.1) is 0 Å². The lowest BCUT2D eigenvalue weighted by Crippen LogP contribution is -2.40. The molecule has 8 heteroatoms. The monoisotopic (exact) mass is 560 g/mol. The van der Waals surface area contributed by atoms with E-state index < -0.39 is 0 Å². The smallest absolute Gasteiger partial charge is 0.191 e. The first-order valence-corrected chi connectivity index (χ1v) is 11.9. The Morgan fingerprint density at radius 3 is 2.59 bits per heavy atom. The van der Waals surface area contributed by atoms with Gasteiger partial charge in [0.25, 0.3) is 0 Å². The summed E-state index contributed by atoms with van der Waals surface area (Å²) in [5.74, 6) is 2.44. The maximum atomic E-state index is 9.64. The first kappa shape index (κ1) is 27.0. The maximum absolute atomic E-state index is 9.64. The van der Waals surface area contributed by atoms with Crippen molar-refractivity contribution in [2.24, 2.45) is 4.99 Å². The van der Waals surface area contributed by atoms with E-state index in [0.29, 0.717) is 6.54 Å². The van der Waals surface area contributed by atoms with Crippen LogP contribution in [0.5, 0.6) is 11.5 Å². The zero-order chi connectivity index (χ0) is 21.9. The molecule has 32 heavy (non-hydrogen) atoms. The molecule has 0 radical (unpaired) electrons. The summed E-state index contributed by atoms with van der Waals surface area (Å²) in [7, 11) is 1.69. The van der Waals surface area contributed by atoms with Crippen molar-refractivity contribution in [3.63, 3.8) is 0 Å².